The van der Waals surface area contributed by atoms with Crippen LogP contribution >= 0.6 is 0 Å². The molecule has 0 bridgehead atoms. The van der Waals surface area contributed by atoms with E-state index in [-0.39, 0.29) is 29.4 Å². The molecular weight excluding hydrogens is 397 g/mol. The maximum absolute atomic E-state index is 14.7. The molecule has 0 saturated carbocycles. The summed E-state index contributed by atoms with van der Waals surface area (Å²) in [5.74, 6) is -1.57. The highest BCUT2D eigenvalue weighted by atomic mass is 19.1. The number of hydrogen-bond donors (Lipinski definition) is 1. The van der Waals surface area contributed by atoms with Crippen molar-refractivity contribution in [3.8, 4) is 5.75 Å². The summed E-state index contributed by atoms with van der Waals surface area (Å²) in [4.78, 5) is 27.0. The van der Waals surface area contributed by atoms with Crippen LogP contribution in [0, 0.1) is 5.82 Å². The van der Waals surface area contributed by atoms with E-state index in [2.05, 4.69) is 0 Å². The first-order valence-corrected chi connectivity index (χ1v) is 10.6. The number of ketones is 1. The summed E-state index contributed by atoms with van der Waals surface area (Å²) < 4.78 is 20.4. The van der Waals surface area contributed by atoms with Gasteiger partial charge in [-0.2, -0.15) is 0 Å². The van der Waals surface area contributed by atoms with E-state index in [0.717, 1.165) is 5.56 Å². The summed E-state index contributed by atoms with van der Waals surface area (Å²) in [6.07, 6.45) is 0.596. The SMILES string of the molecule is CCCN1C(=O)C(=O)/C(=C(/O)c2ccc(OCC)c(C(C)C)c2)C1c1ccccc1F. The molecule has 2 aromatic rings. The molecule has 1 unspecified atom stereocenters. The van der Waals surface area contributed by atoms with Gasteiger partial charge in [0.25, 0.3) is 11.7 Å². The maximum atomic E-state index is 14.7. The Hall–Kier alpha value is -3.15. The average Bonchev–Trinajstić information content (AvgIpc) is 2.99. The molecule has 5 nitrogen and oxygen atoms in total. The van der Waals surface area contributed by atoms with Crippen LogP contribution in [0.15, 0.2) is 48.0 Å². The van der Waals surface area contributed by atoms with Crippen LogP contribution in [0.5, 0.6) is 5.75 Å². The van der Waals surface area contributed by atoms with Gasteiger partial charge in [0.15, 0.2) is 0 Å². The van der Waals surface area contributed by atoms with E-state index in [0.29, 0.717) is 24.3 Å². The molecule has 1 fully saturated rings. The summed E-state index contributed by atoms with van der Waals surface area (Å²) in [5, 5.41) is 11.2. The molecule has 0 aromatic heterocycles. The Morgan fingerprint density at radius 1 is 1.16 bits per heavy atom. The highest BCUT2D eigenvalue weighted by molar-refractivity contribution is 6.46. The molecule has 1 atom stereocenters. The number of carbonyl (C=O) groups is 2. The van der Waals surface area contributed by atoms with Crippen LogP contribution in [0.25, 0.3) is 5.76 Å². The van der Waals surface area contributed by atoms with Crippen molar-refractivity contribution in [3.63, 3.8) is 0 Å². The standard InChI is InChI=1S/C25H28FNO4/c1-5-13-27-22(17-9-7-8-10-19(17)26)21(24(29)25(27)30)23(28)16-11-12-20(31-6-2)18(14-16)15(3)4/h7-12,14-15,22,28H,5-6,13H2,1-4H3/b23-21+. The van der Waals surface area contributed by atoms with Gasteiger partial charge >= 0.3 is 0 Å². The molecule has 1 N–H and O–H groups in total. The molecule has 31 heavy (non-hydrogen) atoms. The van der Waals surface area contributed by atoms with Gasteiger partial charge in [-0.05, 0) is 49.1 Å². The largest absolute Gasteiger partial charge is 0.507 e. The number of nitrogens with zero attached hydrogens (tertiary/aromatic N) is 1. The topological polar surface area (TPSA) is 66.8 Å². The third-order valence-electron chi connectivity index (χ3n) is 5.41. The van der Waals surface area contributed by atoms with Crippen molar-refractivity contribution in [3.05, 3.63) is 70.5 Å². The third-order valence-corrected chi connectivity index (χ3v) is 5.41. The van der Waals surface area contributed by atoms with E-state index in [9.17, 15) is 19.1 Å². The van der Waals surface area contributed by atoms with Gasteiger partial charge in [-0.1, -0.05) is 39.0 Å². The van der Waals surface area contributed by atoms with Crippen molar-refractivity contribution in [2.45, 2.75) is 46.1 Å². The maximum Gasteiger partial charge on any atom is 0.295 e. The Labute approximate surface area is 182 Å². The minimum Gasteiger partial charge on any atom is -0.507 e. The van der Waals surface area contributed by atoms with Gasteiger partial charge in [0.1, 0.15) is 17.3 Å². The molecule has 0 spiro atoms. The van der Waals surface area contributed by atoms with Crippen molar-refractivity contribution in [2.24, 2.45) is 0 Å². The summed E-state index contributed by atoms with van der Waals surface area (Å²) in [6, 6.07) is 10.2. The summed E-state index contributed by atoms with van der Waals surface area (Å²) in [6.45, 7) is 8.55. The Morgan fingerprint density at radius 3 is 2.48 bits per heavy atom. The second-order valence-electron chi connectivity index (χ2n) is 7.85. The lowest BCUT2D eigenvalue weighted by Crippen LogP contribution is -2.30. The molecule has 2 aromatic carbocycles. The first-order chi connectivity index (χ1) is 14.8. The van der Waals surface area contributed by atoms with Crippen LogP contribution in [0.1, 0.15) is 62.8 Å². The minimum absolute atomic E-state index is 0.0950. The van der Waals surface area contributed by atoms with Gasteiger partial charge < -0.3 is 14.7 Å². The lowest BCUT2D eigenvalue weighted by molar-refractivity contribution is -0.139. The lowest BCUT2D eigenvalue weighted by atomic mass is 9.93. The van der Waals surface area contributed by atoms with Gasteiger partial charge in [0.2, 0.25) is 0 Å². The number of hydrogen-bond acceptors (Lipinski definition) is 4. The molecule has 1 heterocycles. The highest BCUT2D eigenvalue weighted by Crippen LogP contribution is 2.41. The van der Waals surface area contributed by atoms with Crippen molar-refractivity contribution >= 4 is 17.4 Å². The van der Waals surface area contributed by atoms with Crippen molar-refractivity contribution in [1.82, 2.24) is 4.90 Å². The van der Waals surface area contributed by atoms with E-state index in [1.54, 1.807) is 36.4 Å². The number of aliphatic hydroxyl groups excluding tert-OH is 1. The Morgan fingerprint density at radius 2 is 1.87 bits per heavy atom. The predicted molar refractivity (Wildman–Crippen MR) is 117 cm³/mol. The monoisotopic (exact) mass is 425 g/mol. The number of likely N-dealkylation sites (tertiary alicyclic amines) is 1. The number of aliphatic hydroxyl groups is 1. The average molecular weight is 426 g/mol. The van der Waals surface area contributed by atoms with Crippen LogP contribution in [-0.4, -0.2) is 34.8 Å². The zero-order chi connectivity index (χ0) is 22.7. The van der Waals surface area contributed by atoms with Crippen molar-refractivity contribution in [1.29, 1.82) is 0 Å². The molecular formula is C25H28FNO4. The van der Waals surface area contributed by atoms with E-state index in [1.165, 1.54) is 11.0 Å². The highest BCUT2D eigenvalue weighted by Gasteiger charge is 2.46. The lowest BCUT2D eigenvalue weighted by Gasteiger charge is -2.25. The first kappa shape index (κ1) is 22.5. The van der Waals surface area contributed by atoms with Gasteiger partial charge in [-0.3, -0.25) is 9.59 Å². The molecule has 1 aliphatic rings. The second kappa shape index (κ2) is 9.33. The van der Waals surface area contributed by atoms with E-state index >= 15 is 0 Å². The minimum atomic E-state index is -0.977. The number of Topliss-reactive ketones (excluding diaryl/α,β-unsaturated/α-hetero) is 1. The molecule has 164 valence electrons. The van der Waals surface area contributed by atoms with Crippen LogP contribution < -0.4 is 4.74 Å². The van der Waals surface area contributed by atoms with E-state index < -0.39 is 23.5 Å². The number of rotatable bonds is 7. The Bertz CT molecular complexity index is 1030. The third kappa shape index (κ3) is 4.20. The first-order valence-electron chi connectivity index (χ1n) is 10.6. The van der Waals surface area contributed by atoms with Crippen LogP contribution in [0.3, 0.4) is 0 Å². The number of halogens is 1. The number of ether oxygens (including phenoxy) is 1. The normalized spacial score (nSPS) is 18.1. The number of carbonyl (C=O) groups excluding carboxylic acids is 2. The van der Waals surface area contributed by atoms with Gasteiger partial charge in [0.05, 0.1) is 18.2 Å². The molecule has 0 aliphatic carbocycles. The fourth-order valence-corrected chi connectivity index (χ4v) is 3.96. The molecule has 0 radical (unpaired) electrons. The van der Waals surface area contributed by atoms with Crippen molar-refractivity contribution < 1.29 is 23.8 Å². The summed E-state index contributed by atoms with van der Waals surface area (Å²) >= 11 is 0. The Kier molecular flexibility index (Phi) is 6.78. The molecule has 1 saturated heterocycles. The van der Waals surface area contributed by atoms with Crippen LogP contribution in [0.4, 0.5) is 4.39 Å². The molecule has 3 rings (SSSR count). The quantitative estimate of drug-likeness (QED) is 0.377. The van der Waals surface area contributed by atoms with Crippen LogP contribution in [0.2, 0.25) is 0 Å². The van der Waals surface area contributed by atoms with Gasteiger partial charge in [-0.15, -0.1) is 0 Å². The predicted octanol–water partition coefficient (Wildman–Crippen LogP) is 5.18. The fourth-order valence-electron chi connectivity index (χ4n) is 3.96. The second-order valence-corrected chi connectivity index (χ2v) is 7.85. The van der Waals surface area contributed by atoms with Crippen molar-refractivity contribution in [2.75, 3.05) is 13.2 Å². The zero-order valence-electron chi connectivity index (χ0n) is 18.3. The summed E-state index contributed by atoms with van der Waals surface area (Å²) in [7, 11) is 0. The summed E-state index contributed by atoms with van der Waals surface area (Å²) in [5.41, 5.74) is 1.35. The smallest absolute Gasteiger partial charge is 0.295 e. The van der Waals surface area contributed by atoms with Gasteiger partial charge in [-0.25, -0.2) is 4.39 Å². The van der Waals surface area contributed by atoms with Gasteiger partial charge in [0, 0.05) is 17.7 Å². The zero-order valence-corrected chi connectivity index (χ0v) is 18.3. The fraction of sp³-hybridized carbons (Fsp3) is 0.360. The molecule has 1 amide bonds. The van der Waals surface area contributed by atoms with Crippen LogP contribution in [-0.2, 0) is 9.59 Å². The number of amides is 1. The van der Waals surface area contributed by atoms with E-state index in [4.69, 9.17) is 4.74 Å². The molecule has 6 heteroatoms. The Balaban J connectivity index is 2.21. The van der Waals surface area contributed by atoms with E-state index in [1.807, 2.05) is 27.7 Å². The molecule has 1 aliphatic heterocycles. The number of benzene rings is 2.